The molecule has 0 saturated heterocycles. The molecule has 104 valence electrons. The molecular formula is C14H17BrClNO2. The van der Waals surface area contributed by atoms with Gasteiger partial charge in [-0.3, -0.25) is 4.79 Å². The van der Waals surface area contributed by atoms with Crippen LogP contribution in [0.3, 0.4) is 0 Å². The van der Waals surface area contributed by atoms with E-state index in [-0.39, 0.29) is 12.0 Å². The van der Waals surface area contributed by atoms with Crippen molar-refractivity contribution < 1.29 is 9.90 Å². The van der Waals surface area contributed by atoms with Crippen molar-refractivity contribution >= 4 is 33.4 Å². The summed E-state index contributed by atoms with van der Waals surface area (Å²) < 4.78 is 0.725. The van der Waals surface area contributed by atoms with Gasteiger partial charge in [-0.25, -0.2) is 0 Å². The van der Waals surface area contributed by atoms with Gasteiger partial charge in [0.15, 0.2) is 0 Å². The normalized spacial score (nSPS) is 23.1. The molecule has 0 heterocycles. The predicted molar refractivity (Wildman–Crippen MR) is 79.5 cm³/mol. The second kappa shape index (κ2) is 6.73. The maximum absolute atomic E-state index is 12.0. The van der Waals surface area contributed by atoms with E-state index in [0.717, 1.165) is 30.2 Å². The third kappa shape index (κ3) is 4.20. The zero-order valence-corrected chi connectivity index (χ0v) is 12.9. The third-order valence-corrected chi connectivity index (χ3v) is 4.76. The predicted octanol–water partition coefficient (Wildman–Crippen LogP) is 3.38. The highest BCUT2D eigenvalue weighted by Crippen LogP contribution is 2.24. The number of benzene rings is 1. The molecule has 0 atom stereocenters. The summed E-state index contributed by atoms with van der Waals surface area (Å²) in [7, 11) is 0. The molecule has 0 spiro atoms. The molecule has 0 aromatic heterocycles. The van der Waals surface area contributed by atoms with Gasteiger partial charge >= 0.3 is 0 Å². The molecule has 1 aromatic carbocycles. The zero-order chi connectivity index (χ0) is 13.8. The van der Waals surface area contributed by atoms with E-state index in [1.54, 1.807) is 18.2 Å². The number of carbonyl (C=O) groups is 1. The Labute approximate surface area is 126 Å². The number of halogens is 2. The van der Waals surface area contributed by atoms with Gasteiger partial charge in [0, 0.05) is 16.6 Å². The average Bonchev–Trinajstić information content (AvgIpc) is 2.41. The molecular weight excluding hydrogens is 330 g/mol. The molecule has 1 saturated carbocycles. The molecule has 1 aromatic rings. The molecule has 19 heavy (non-hydrogen) atoms. The van der Waals surface area contributed by atoms with Crippen molar-refractivity contribution in [2.45, 2.75) is 31.8 Å². The quantitative estimate of drug-likeness (QED) is 0.881. The Morgan fingerprint density at radius 3 is 2.68 bits per heavy atom. The first-order valence-corrected chi connectivity index (χ1v) is 7.64. The Balaban J connectivity index is 1.85. The van der Waals surface area contributed by atoms with Crippen LogP contribution in [0.5, 0.6) is 0 Å². The lowest BCUT2D eigenvalue weighted by molar-refractivity contribution is 0.0910. The Hall–Kier alpha value is -0.580. The van der Waals surface area contributed by atoms with Crippen LogP contribution < -0.4 is 5.32 Å². The van der Waals surface area contributed by atoms with Crippen molar-refractivity contribution in [2.24, 2.45) is 5.92 Å². The fourth-order valence-electron chi connectivity index (χ4n) is 2.33. The van der Waals surface area contributed by atoms with Crippen LogP contribution in [0, 0.1) is 5.92 Å². The number of rotatable bonds is 3. The van der Waals surface area contributed by atoms with E-state index in [1.165, 1.54) is 0 Å². The molecule has 1 amide bonds. The van der Waals surface area contributed by atoms with Crippen molar-refractivity contribution in [2.75, 3.05) is 6.54 Å². The zero-order valence-electron chi connectivity index (χ0n) is 10.5. The summed E-state index contributed by atoms with van der Waals surface area (Å²) in [5.41, 5.74) is 0.604. The van der Waals surface area contributed by atoms with Gasteiger partial charge in [-0.1, -0.05) is 11.6 Å². The Kier molecular flexibility index (Phi) is 5.25. The Morgan fingerprint density at radius 1 is 1.37 bits per heavy atom. The fraction of sp³-hybridized carbons (Fsp3) is 0.500. The highest BCUT2D eigenvalue weighted by atomic mass is 79.9. The lowest BCUT2D eigenvalue weighted by Gasteiger charge is -2.25. The SMILES string of the molecule is O=C(NCC1CCC(O)CC1)c1ccc(Cl)c(Br)c1. The highest BCUT2D eigenvalue weighted by Gasteiger charge is 2.20. The number of amides is 1. The minimum atomic E-state index is -0.154. The highest BCUT2D eigenvalue weighted by molar-refractivity contribution is 9.10. The van der Waals surface area contributed by atoms with Crippen LogP contribution in [-0.4, -0.2) is 23.7 Å². The molecule has 1 fully saturated rings. The van der Waals surface area contributed by atoms with Crippen LogP contribution in [0.4, 0.5) is 0 Å². The van der Waals surface area contributed by atoms with Gasteiger partial charge in [-0.2, -0.15) is 0 Å². The van der Waals surface area contributed by atoms with Gasteiger partial charge in [0.05, 0.1) is 11.1 Å². The first-order chi connectivity index (χ1) is 9.06. The van der Waals surface area contributed by atoms with Gasteiger partial charge in [0.1, 0.15) is 0 Å². The summed E-state index contributed by atoms with van der Waals surface area (Å²) in [5.74, 6) is 0.395. The van der Waals surface area contributed by atoms with Crippen LogP contribution in [0.25, 0.3) is 0 Å². The van der Waals surface area contributed by atoms with Crippen molar-refractivity contribution in [3.05, 3.63) is 33.3 Å². The summed E-state index contributed by atoms with van der Waals surface area (Å²) in [6.07, 6.45) is 3.48. The molecule has 2 rings (SSSR count). The first-order valence-electron chi connectivity index (χ1n) is 6.47. The van der Waals surface area contributed by atoms with E-state index in [4.69, 9.17) is 11.6 Å². The van der Waals surface area contributed by atoms with Gasteiger partial charge in [-0.15, -0.1) is 0 Å². The van der Waals surface area contributed by atoms with Crippen LogP contribution >= 0.6 is 27.5 Å². The molecule has 1 aliphatic carbocycles. The fourth-order valence-corrected chi connectivity index (χ4v) is 2.82. The topological polar surface area (TPSA) is 49.3 Å². The molecule has 0 aliphatic heterocycles. The second-order valence-electron chi connectivity index (χ2n) is 5.01. The van der Waals surface area contributed by atoms with E-state index in [1.807, 2.05) is 0 Å². The van der Waals surface area contributed by atoms with Crippen LogP contribution in [0.1, 0.15) is 36.0 Å². The monoisotopic (exact) mass is 345 g/mol. The van der Waals surface area contributed by atoms with E-state index < -0.39 is 0 Å². The van der Waals surface area contributed by atoms with Crippen LogP contribution in [0.15, 0.2) is 22.7 Å². The summed E-state index contributed by atoms with van der Waals surface area (Å²) in [5, 5.41) is 13.0. The van der Waals surface area contributed by atoms with E-state index >= 15 is 0 Å². The molecule has 0 radical (unpaired) electrons. The molecule has 1 aliphatic rings. The van der Waals surface area contributed by atoms with Crippen molar-refractivity contribution in [1.82, 2.24) is 5.32 Å². The Bertz CT molecular complexity index is 459. The van der Waals surface area contributed by atoms with Gasteiger partial charge in [0.2, 0.25) is 0 Å². The van der Waals surface area contributed by atoms with E-state index in [9.17, 15) is 9.90 Å². The van der Waals surface area contributed by atoms with Gasteiger partial charge in [-0.05, 0) is 65.7 Å². The van der Waals surface area contributed by atoms with E-state index in [0.29, 0.717) is 23.0 Å². The average molecular weight is 347 g/mol. The number of aliphatic hydroxyl groups excluding tert-OH is 1. The summed E-state index contributed by atoms with van der Waals surface area (Å²) in [6.45, 7) is 0.672. The molecule has 2 N–H and O–H groups in total. The lowest BCUT2D eigenvalue weighted by atomic mass is 9.87. The third-order valence-electron chi connectivity index (χ3n) is 3.55. The standard InChI is InChI=1S/C14H17BrClNO2/c15-12-7-10(3-6-13(12)16)14(19)17-8-9-1-4-11(18)5-2-9/h3,6-7,9,11,18H,1-2,4-5,8H2,(H,17,19). The van der Waals surface area contributed by atoms with E-state index in [2.05, 4.69) is 21.2 Å². The molecule has 5 heteroatoms. The Morgan fingerprint density at radius 2 is 2.05 bits per heavy atom. The molecule has 0 bridgehead atoms. The van der Waals surface area contributed by atoms with Crippen LogP contribution in [0.2, 0.25) is 5.02 Å². The molecule has 3 nitrogen and oxygen atoms in total. The largest absolute Gasteiger partial charge is 0.393 e. The molecule has 0 unspecified atom stereocenters. The second-order valence-corrected chi connectivity index (χ2v) is 6.27. The first kappa shape index (κ1) is 14.8. The maximum atomic E-state index is 12.0. The van der Waals surface area contributed by atoms with Crippen molar-refractivity contribution in [3.8, 4) is 0 Å². The maximum Gasteiger partial charge on any atom is 0.251 e. The number of hydrogen-bond acceptors (Lipinski definition) is 2. The van der Waals surface area contributed by atoms with Crippen molar-refractivity contribution in [1.29, 1.82) is 0 Å². The summed E-state index contributed by atoms with van der Waals surface area (Å²) in [4.78, 5) is 12.0. The van der Waals surface area contributed by atoms with Gasteiger partial charge in [0.25, 0.3) is 5.91 Å². The number of carbonyl (C=O) groups excluding carboxylic acids is 1. The van der Waals surface area contributed by atoms with Crippen molar-refractivity contribution in [3.63, 3.8) is 0 Å². The number of nitrogens with one attached hydrogen (secondary N) is 1. The summed E-state index contributed by atoms with van der Waals surface area (Å²) >= 11 is 9.20. The van der Waals surface area contributed by atoms with Crippen LogP contribution in [-0.2, 0) is 0 Å². The smallest absolute Gasteiger partial charge is 0.251 e. The minimum absolute atomic E-state index is 0.0801. The summed E-state index contributed by atoms with van der Waals surface area (Å²) in [6, 6.07) is 5.15. The number of aliphatic hydroxyl groups is 1. The number of hydrogen-bond donors (Lipinski definition) is 2. The minimum Gasteiger partial charge on any atom is -0.393 e. The lowest BCUT2D eigenvalue weighted by Crippen LogP contribution is -2.32. The van der Waals surface area contributed by atoms with Gasteiger partial charge < -0.3 is 10.4 Å².